The molecule has 0 amide bonds. The number of thiazole rings is 1. The molecule has 0 bridgehead atoms. The van der Waals surface area contributed by atoms with Gasteiger partial charge in [0.25, 0.3) is 0 Å². The quantitative estimate of drug-likeness (QED) is 0.327. The normalized spacial score (nSPS) is 12.7. The van der Waals surface area contributed by atoms with Crippen molar-refractivity contribution in [1.82, 2.24) is 4.98 Å². The average Bonchev–Trinajstić information content (AvgIpc) is 3.18. The third kappa shape index (κ3) is 6.29. The van der Waals surface area contributed by atoms with E-state index in [9.17, 15) is 18.0 Å². The minimum Gasteiger partial charge on any atom is -0.482 e. The van der Waals surface area contributed by atoms with Crippen molar-refractivity contribution in [2.24, 2.45) is 0 Å². The van der Waals surface area contributed by atoms with Crippen molar-refractivity contribution in [3.63, 3.8) is 0 Å². The van der Waals surface area contributed by atoms with Crippen LogP contribution >= 0.6 is 23.1 Å². The van der Waals surface area contributed by atoms with Crippen LogP contribution in [0, 0.1) is 6.92 Å². The molecule has 1 N–H and O–H groups in total. The minimum absolute atomic E-state index is 0.0632. The number of thioether (sulfide) groups is 1. The number of carboxylic acids is 1. The number of aryl methyl sites for hydroxylation is 1. The van der Waals surface area contributed by atoms with E-state index in [2.05, 4.69) is 6.92 Å². The predicted molar refractivity (Wildman–Crippen MR) is 125 cm³/mol. The summed E-state index contributed by atoms with van der Waals surface area (Å²) in [5, 5.41) is 9.55. The first-order valence-electron chi connectivity index (χ1n) is 10.3. The lowest BCUT2D eigenvalue weighted by Crippen LogP contribution is -2.10. The summed E-state index contributed by atoms with van der Waals surface area (Å²) in [6.07, 6.45) is -4.37. The molecule has 3 rings (SSSR count). The van der Waals surface area contributed by atoms with Crippen molar-refractivity contribution in [1.29, 1.82) is 0 Å². The van der Waals surface area contributed by atoms with Crippen molar-refractivity contribution < 1.29 is 27.8 Å². The first-order chi connectivity index (χ1) is 15.5. The van der Waals surface area contributed by atoms with Gasteiger partial charge in [-0.2, -0.15) is 13.2 Å². The van der Waals surface area contributed by atoms with E-state index in [0.29, 0.717) is 16.3 Å². The molecule has 2 aromatic carbocycles. The van der Waals surface area contributed by atoms with Gasteiger partial charge < -0.3 is 9.84 Å². The maximum Gasteiger partial charge on any atom is 0.416 e. The number of aliphatic carboxylic acids is 1. The first kappa shape index (κ1) is 25.1. The molecule has 0 radical (unpaired) electrons. The molecule has 0 aliphatic carbocycles. The van der Waals surface area contributed by atoms with Crippen molar-refractivity contribution in [2.45, 2.75) is 49.9 Å². The standard InChI is InChI=1S/C24H24F3NO3S2/c1-13(2)21-22(33-23(28-21)16-5-7-17(8-6-16)24(25,26)27)15(4)32-18-9-10-19(14(3)11-18)31-12-20(29)30/h5-11,13,15H,12H2,1-4H3,(H,29,30). The Kier molecular flexibility index (Phi) is 7.74. The summed E-state index contributed by atoms with van der Waals surface area (Å²) in [6.45, 7) is 7.64. The zero-order valence-electron chi connectivity index (χ0n) is 18.6. The van der Waals surface area contributed by atoms with Crippen LogP contribution in [0.25, 0.3) is 10.6 Å². The van der Waals surface area contributed by atoms with Gasteiger partial charge in [0.15, 0.2) is 6.61 Å². The fourth-order valence-electron chi connectivity index (χ4n) is 3.23. The second-order valence-corrected chi connectivity index (χ2v) is 10.3. The molecule has 1 atom stereocenters. The van der Waals surface area contributed by atoms with Crippen molar-refractivity contribution in [2.75, 3.05) is 6.61 Å². The summed E-state index contributed by atoms with van der Waals surface area (Å²) < 4.78 is 44.0. The monoisotopic (exact) mass is 495 g/mol. The van der Waals surface area contributed by atoms with Crippen LogP contribution in [-0.2, 0) is 11.0 Å². The van der Waals surface area contributed by atoms with Crippen LogP contribution in [0.4, 0.5) is 13.2 Å². The molecule has 9 heteroatoms. The number of carbonyl (C=O) groups is 1. The molecule has 1 unspecified atom stereocenters. The average molecular weight is 496 g/mol. The number of alkyl halides is 3. The van der Waals surface area contributed by atoms with Crippen LogP contribution < -0.4 is 4.74 Å². The third-order valence-corrected chi connectivity index (χ3v) is 7.43. The molecule has 0 saturated heterocycles. The molecule has 3 aromatic rings. The Balaban J connectivity index is 1.83. The fourth-order valence-corrected chi connectivity index (χ4v) is 5.70. The molecule has 0 aliphatic rings. The summed E-state index contributed by atoms with van der Waals surface area (Å²) in [4.78, 5) is 17.6. The molecule has 0 aliphatic heterocycles. The fraction of sp³-hybridized carbons (Fsp3) is 0.333. The highest BCUT2D eigenvalue weighted by Crippen LogP contribution is 2.44. The lowest BCUT2D eigenvalue weighted by atomic mass is 10.1. The van der Waals surface area contributed by atoms with Crippen LogP contribution in [0.3, 0.4) is 0 Å². The van der Waals surface area contributed by atoms with E-state index in [4.69, 9.17) is 14.8 Å². The molecule has 4 nitrogen and oxygen atoms in total. The number of hydrogen-bond acceptors (Lipinski definition) is 5. The van der Waals surface area contributed by atoms with Gasteiger partial charge in [0.1, 0.15) is 10.8 Å². The Bertz CT molecular complexity index is 1120. The lowest BCUT2D eigenvalue weighted by Gasteiger charge is -2.14. The van der Waals surface area contributed by atoms with E-state index < -0.39 is 24.3 Å². The Morgan fingerprint density at radius 2 is 1.82 bits per heavy atom. The number of carboxylic acid groups (broad SMARTS) is 1. The number of rotatable bonds is 8. The number of nitrogens with zero attached hydrogens (tertiary/aromatic N) is 1. The zero-order chi connectivity index (χ0) is 24.3. The van der Waals surface area contributed by atoms with E-state index in [-0.39, 0.29) is 11.2 Å². The van der Waals surface area contributed by atoms with Gasteiger partial charge in [0, 0.05) is 20.6 Å². The first-order valence-corrected chi connectivity index (χ1v) is 12.0. The molecular weight excluding hydrogens is 471 g/mol. The van der Waals surface area contributed by atoms with Gasteiger partial charge in [0.2, 0.25) is 0 Å². The Labute approximate surface area is 198 Å². The van der Waals surface area contributed by atoms with E-state index in [1.165, 1.54) is 23.5 Å². The second-order valence-electron chi connectivity index (χ2n) is 7.87. The zero-order valence-corrected chi connectivity index (χ0v) is 20.2. The van der Waals surface area contributed by atoms with Crippen molar-refractivity contribution >= 4 is 29.1 Å². The van der Waals surface area contributed by atoms with Crippen LogP contribution in [0.15, 0.2) is 47.4 Å². The van der Waals surface area contributed by atoms with Gasteiger partial charge in [-0.05, 0) is 55.7 Å². The maximum absolute atomic E-state index is 12.9. The van der Waals surface area contributed by atoms with Crippen LogP contribution in [0.1, 0.15) is 53.6 Å². The highest BCUT2D eigenvalue weighted by Gasteiger charge is 2.30. The summed E-state index contributed by atoms with van der Waals surface area (Å²) in [6, 6.07) is 10.7. The number of hydrogen-bond donors (Lipinski definition) is 1. The second kappa shape index (κ2) is 10.2. The summed E-state index contributed by atoms with van der Waals surface area (Å²) >= 11 is 3.14. The predicted octanol–water partition coefficient (Wildman–Crippen LogP) is 7.58. The molecule has 0 fully saturated rings. The highest BCUT2D eigenvalue weighted by molar-refractivity contribution is 7.99. The summed E-state index contributed by atoms with van der Waals surface area (Å²) in [5.74, 6) is -0.340. The number of halogens is 3. The SMILES string of the molecule is Cc1cc(SC(C)c2sc(-c3ccc(C(F)(F)F)cc3)nc2C(C)C)ccc1OCC(=O)O. The third-order valence-electron chi connectivity index (χ3n) is 4.87. The lowest BCUT2D eigenvalue weighted by molar-refractivity contribution is -0.139. The molecule has 0 spiro atoms. The van der Waals surface area contributed by atoms with Gasteiger partial charge in [-0.3, -0.25) is 0 Å². The van der Waals surface area contributed by atoms with Crippen LogP contribution in [0.2, 0.25) is 0 Å². The van der Waals surface area contributed by atoms with Gasteiger partial charge >= 0.3 is 12.1 Å². The Morgan fingerprint density at radius 1 is 1.15 bits per heavy atom. The van der Waals surface area contributed by atoms with E-state index in [1.807, 2.05) is 32.9 Å². The highest BCUT2D eigenvalue weighted by atomic mass is 32.2. The molecule has 176 valence electrons. The van der Waals surface area contributed by atoms with E-state index in [0.717, 1.165) is 33.2 Å². The Morgan fingerprint density at radius 3 is 2.36 bits per heavy atom. The molecule has 0 saturated carbocycles. The number of ether oxygens (including phenoxy) is 1. The van der Waals surface area contributed by atoms with E-state index in [1.54, 1.807) is 17.8 Å². The number of benzene rings is 2. The number of aromatic nitrogens is 1. The molecule has 1 heterocycles. The summed E-state index contributed by atoms with van der Waals surface area (Å²) in [7, 11) is 0. The smallest absolute Gasteiger partial charge is 0.416 e. The van der Waals surface area contributed by atoms with Crippen molar-refractivity contribution in [3.8, 4) is 16.3 Å². The van der Waals surface area contributed by atoms with Gasteiger partial charge in [-0.25, -0.2) is 9.78 Å². The molecule has 33 heavy (non-hydrogen) atoms. The van der Waals surface area contributed by atoms with Gasteiger partial charge in [-0.1, -0.05) is 26.0 Å². The topological polar surface area (TPSA) is 59.4 Å². The Hall–Kier alpha value is -2.52. The van der Waals surface area contributed by atoms with Crippen LogP contribution in [-0.4, -0.2) is 22.7 Å². The minimum atomic E-state index is -4.37. The molecule has 1 aromatic heterocycles. The van der Waals surface area contributed by atoms with Crippen LogP contribution in [0.5, 0.6) is 5.75 Å². The largest absolute Gasteiger partial charge is 0.482 e. The van der Waals surface area contributed by atoms with Gasteiger partial charge in [0.05, 0.1) is 11.3 Å². The van der Waals surface area contributed by atoms with E-state index >= 15 is 0 Å². The van der Waals surface area contributed by atoms with Crippen molar-refractivity contribution in [3.05, 3.63) is 64.2 Å². The van der Waals surface area contributed by atoms with Gasteiger partial charge in [-0.15, -0.1) is 23.1 Å². The maximum atomic E-state index is 12.9. The summed E-state index contributed by atoms with van der Waals surface area (Å²) in [5.41, 5.74) is 1.76. The molecular formula is C24H24F3NO3S2.